The summed E-state index contributed by atoms with van der Waals surface area (Å²) < 4.78 is 5.07. The van der Waals surface area contributed by atoms with Crippen LogP contribution in [0.1, 0.15) is 0 Å². The van der Waals surface area contributed by atoms with Crippen molar-refractivity contribution in [3.63, 3.8) is 0 Å². The van der Waals surface area contributed by atoms with Gasteiger partial charge < -0.3 is 4.74 Å². The Morgan fingerprint density at radius 1 is 1.80 bits per heavy atom. The van der Waals surface area contributed by atoms with Gasteiger partial charge in [-0.25, -0.2) is 4.79 Å². The van der Waals surface area contributed by atoms with E-state index in [1.807, 2.05) is 0 Å². The molecule has 0 aliphatic heterocycles. The van der Waals surface area contributed by atoms with Gasteiger partial charge in [-0.2, -0.15) is 0 Å². The van der Waals surface area contributed by atoms with Crippen LogP contribution in [0.25, 0.3) is 0 Å². The molecule has 0 unspecified atom stereocenters. The number of aromatic nitrogens is 2. The monoisotopic (exact) mass is 176 g/mol. The number of aromatic amines is 1. The van der Waals surface area contributed by atoms with Crippen molar-refractivity contribution in [3.8, 4) is 5.19 Å². The highest BCUT2D eigenvalue weighted by atomic mass is 32.1. The van der Waals surface area contributed by atoms with Crippen molar-refractivity contribution < 1.29 is 4.74 Å². The summed E-state index contributed by atoms with van der Waals surface area (Å²) in [6.07, 6.45) is 0. The molecule has 1 N–H and O–H groups in total. The molecule has 1 aromatic heterocycles. The highest BCUT2D eigenvalue weighted by molar-refractivity contribution is 7.73. The molecule has 0 aliphatic rings. The SMILES string of the molecule is COc1nc(=O)[nH]c(=S)s1. The van der Waals surface area contributed by atoms with Gasteiger partial charge in [0.1, 0.15) is 0 Å². The summed E-state index contributed by atoms with van der Waals surface area (Å²) in [5, 5.41) is 0.286. The van der Waals surface area contributed by atoms with Crippen LogP contribution in [0.3, 0.4) is 0 Å². The number of nitrogens with zero attached hydrogens (tertiary/aromatic N) is 1. The maximum Gasteiger partial charge on any atom is 0.350 e. The summed E-state index contributed by atoms with van der Waals surface area (Å²) in [4.78, 5) is 16.4. The molecule has 0 fully saturated rings. The first-order valence-corrected chi connectivity index (χ1v) is 3.60. The average Bonchev–Trinajstić information content (AvgIpc) is 1.85. The van der Waals surface area contributed by atoms with Gasteiger partial charge in [-0.05, 0) is 23.6 Å². The first kappa shape index (κ1) is 7.36. The van der Waals surface area contributed by atoms with E-state index in [1.54, 1.807) is 0 Å². The molecule has 0 saturated heterocycles. The lowest BCUT2D eigenvalue weighted by molar-refractivity contribution is 0.408. The summed E-state index contributed by atoms with van der Waals surface area (Å²) in [5.74, 6) is 0. The van der Waals surface area contributed by atoms with Gasteiger partial charge in [0.15, 0.2) is 3.95 Å². The normalized spacial score (nSPS) is 9.30. The Balaban J connectivity index is 3.33. The minimum Gasteiger partial charge on any atom is -0.473 e. The van der Waals surface area contributed by atoms with Crippen molar-refractivity contribution in [2.75, 3.05) is 7.11 Å². The lowest BCUT2D eigenvalue weighted by Gasteiger charge is -1.91. The topological polar surface area (TPSA) is 55.0 Å². The third kappa shape index (κ3) is 1.61. The van der Waals surface area contributed by atoms with Crippen molar-refractivity contribution in [3.05, 3.63) is 14.4 Å². The summed E-state index contributed by atoms with van der Waals surface area (Å²) in [6, 6.07) is 0. The highest BCUT2D eigenvalue weighted by Gasteiger charge is 1.93. The van der Waals surface area contributed by atoms with Crippen molar-refractivity contribution in [1.29, 1.82) is 0 Å². The molecule has 1 aromatic rings. The van der Waals surface area contributed by atoms with Crippen LogP contribution in [-0.2, 0) is 0 Å². The fourth-order valence-corrected chi connectivity index (χ4v) is 1.22. The van der Waals surface area contributed by atoms with E-state index in [0.29, 0.717) is 3.95 Å². The summed E-state index contributed by atoms with van der Waals surface area (Å²) in [5.41, 5.74) is -0.472. The van der Waals surface area contributed by atoms with Crippen LogP contribution in [0.5, 0.6) is 5.19 Å². The predicted molar refractivity (Wildman–Crippen MR) is 40.1 cm³/mol. The second-order valence-electron chi connectivity index (χ2n) is 1.40. The van der Waals surface area contributed by atoms with Crippen molar-refractivity contribution in [2.24, 2.45) is 0 Å². The number of H-pyrrole nitrogens is 1. The third-order valence-electron chi connectivity index (χ3n) is 0.756. The van der Waals surface area contributed by atoms with E-state index in [-0.39, 0.29) is 5.19 Å². The van der Waals surface area contributed by atoms with Crippen LogP contribution >= 0.6 is 23.6 Å². The fraction of sp³-hybridized carbons (Fsp3) is 0.250. The van der Waals surface area contributed by atoms with E-state index in [2.05, 4.69) is 9.97 Å². The minimum atomic E-state index is -0.472. The van der Waals surface area contributed by atoms with Gasteiger partial charge in [-0.1, -0.05) is 0 Å². The van der Waals surface area contributed by atoms with E-state index >= 15 is 0 Å². The largest absolute Gasteiger partial charge is 0.473 e. The molecule has 0 aliphatic carbocycles. The van der Waals surface area contributed by atoms with Gasteiger partial charge in [0.25, 0.3) is 5.19 Å². The van der Waals surface area contributed by atoms with Crippen LogP contribution < -0.4 is 10.4 Å². The number of hydrogen-bond donors (Lipinski definition) is 1. The second-order valence-corrected chi connectivity index (χ2v) is 3.03. The lowest BCUT2D eigenvalue weighted by Crippen LogP contribution is -2.08. The van der Waals surface area contributed by atoms with E-state index in [1.165, 1.54) is 7.11 Å². The summed E-state index contributed by atoms with van der Waals surface area (Å²) in [7, 11) is 1.44. The molecule has 0 radical (unpaired) electrons. The second kappa shape index (κ2) is 2.89. The molecule has 1 heterocycles. The Morgan fingerprint density at radius 2 is 2.50 bits per heavy atom. The Hall–Kier alpha value is -0.750. The van der Waals surface area contributed by atoms with E-state index < -0.39 is 5.69 Å². The van der Waals surface area contributed by atoms with Gasteiger partial charge in [0.2, 0.25) is 0 Å². The Kier molecular flexibility index (Phi) is 2.13. The molecular weight excluding hydrogens is 172 g/mol. The molecule has 0 amide bonds. The summed E-state index contributed by atoms with van der Waals surface area (Å²) >= 11 is 5.81. The standard InChI is InChI=1S/C4H4N2O2S2/c1-8-3-5-2(7)6-4(9)10-3/h1H3,(H,6,7,9). The molecule has 54 valence electrons. The van der Waals surface area contributed by atoms with Gasteiger partial charge in [0, 0.05) is 0 Å². The highest BCUT2D eigenvalue weighted by Crippen LogP contribution is 2.08. The van der Waals surface area contributed by atoms with Crippen LogP contribution in [0.4, 0.5) is 0 Å². The van der Waals surface area contributed by atoms with E-state index in [4.69, 9.17) is 17.0 Å². The number of nitrogens with one attached hydrogen (secondary N) is 1. The first-order chi connectivity index (χ1) is 4.72. The maximum absolute atomic E-state index is 10.6. The summed E-state index contributed by atoms with van der Waals surface area (Å²) in [6.45, 7) is 0. The van der Waals surface area contributed by atoms with Gasteiger partial charge in [0.05, 0.1) is 7.11 Å². The van der Waals surface area contributed by atoms with E-state index in [9.17, 15) is 4.79 Å². The van der Waals surface area contributed by atoms with Gasteiger partial charge in [-0.15, -0.1) is 4.98 Å². The van der Waals surface area contributed by atoms with Gasteiger partial charge >= 0.3 is 5.69 Å². The Labute approximate surface area is 65.5 Å². The smallest absolute Gasteiger partial charge is 0.350 e. The predicted octanol–water partition coefficient (Wildman–Crippen LogP) is 0.569. The average molecular weight is 176 g/mol. The van der Waals surface area contributed by atoms with Crippen LogP contribution in [0.2, 0.25) is 0 Å². The molecule has 0 bridgehead atoms. The third-order valence-corrected chi connectivity index (χ3v) is 1.83. The number of methoxy groups -OCH3 is 1. The van der Waals surface area contributed by atoms with Crippen molar-refractivity contribution in [1.82, 2.24) is 9.97 Å². The molecule has 0 atom stereocenters. The maximum atomic E-state index is 10.6. The van der Waals surface area contributed by atoms with E-state index in [0.717, 1.165) is 11.3 Å². The number of hydrogen-bond acceptors (Lipinski definition) is 5. The zero-order valence-electron chi connectivity index (χ0n) is 5.08. The Morgan fingerprint density at radius 3 is 3.00 bits per heavy atom. The first-order valence-electron chi connectivity index (χ1n) is 2.38. The van der Waals surface area contributed by atoms with Crippen LogP contribution in [0.15, 0.2) is 4.79 Å². The molecule has 6 heteroatoms. The fourth-order valence-electron chi connectivity index (χ4n) is 0.413. The van der Waals surface area contributed by atoms with Crippen LogP contribution in [-0.4, -0.2) is 17.1 Å². The molecule has 10 heavy (non-hydrogen) atoms. The molecule has 0 spiro atoms. The molecule has 0 saturated carbocycles. The molecule has 0 aromatic carbocycles. The molecular formula is C4H4N2O2S2. The zero-order chi connectivity index (χ0) is 7.56. The number of rotatable bonds is 1. The van der Waals surface area contributed by atoms with Gasteiger partial charge in [-0.3, -0.25) is 4.98 Å². The quantitative estimate of drug-likeness (QED) is 0.635. The lowest BCUT2D eigenvalue weighted by atomic mass is 11.2. The molecule has 1 rings (SSSR count). The van der Waals surface area contributed by atoms with Crippen molar-refractivity contribution in [2.45, 2.75) is 0 Å². The molecule has 4 nitrogen and oxygen atoms in total. The number of ether oxygens (including phenoxy) is 1. The Bertz CT molecular complexity index is 300. The van der Waals surface area contributed by atoms with Crippen molar-refractivity contribution >= 4 is 23.6 Å². The minimum absolute atomic E-state index is 0.286. The zero-order valence-corrected chi connectivity index (χ0v) is 6.71. The van der Waals surface area contributed by atoms with Crippen LogP contribution in [0, 0.1) is 3.95 Å².